The highest BCUT2D eigenvalue weighted by Crippen LogP contribution is 2.33. The molecule has 0 N–H and O–H groups in total. The number of anilines is 1. The van der Waals surface area contributed by atoms with Crippen molar-refractivity contribution in [2.24, 2.45) is 0 Å². The number of nitrogens with zero attached hydrogens (tertiary/aromatic N) is 6. The molecule has 0 unspecified atom stereocenters. The van der Waals surface area contributed by atoms with Crippen LogP contribution in [-0.2, 0) is 6.18 Å². The van der Waals surface area contributed by atoms with Gasteiger partial charge < -0.3 is 4.90 Å². The highest BCUT2D eigenvalue weighted by atomic mass is 35.5. The zero-order valence-electron chi connectivity index (χ0n) is 18.8. The summed E-state index contributed by atoms with van der Waals surface area (Å²) < 4.78 is 42.4. The summed E-state index contributed by atoms with van der Waals surface area (Å²) >= 11 is 0. The van der Waals surface area contributed by atoms with Gasteiger partial charge in [0.1, 0.15) is 5.82 Å². The number of rotatable bonds is 5. The van der Waals surface area contributed by atoms with Crippen LogP contribution in [0.15, 0.2) is 72.9 Å². The summed E-state index contributed by atoms with van der Waals surface area (Å²) in [6.07, 6.45) is 1.08. The maximum atomic E-state index is 13.7. The first-order valence-corrected chi connectivity index (χ1v) is 11.1. The highest BCUT2D eigenvalue weighted by molar-refractivity contribution is 5.88. The number of alkyl halides is 3. The van der Waals surface area contributed by atoms with Gasteiger partial charge in [0.25, 0.3) is 0 Å². The fourth-order valence-electron chi connectivity index (χ4n) is 4.06. The second kappa shape index (κ2) is 10.5. The van der Waals surface area contributed by atoms with Crippen molar-refractivity contribution < 1.29 is 13.2 Å². The van der Waals surface area contributed by atoms with Gasteiger partial charge in [0, 0.05) is 32.7 Å². The lowest BCUT2D eigenvalue weighted by atomic mass is 10.2. The molecule has 1 fully saturated rings. The largest absolute Gasteiger partial charge is 0.451 e. The second-order valence-electron chi connectivity index (χ2n) is 8.10. The van der Waals surface area contributed by atoms with Crippen LogP contribution < -0.4 is 4.90 Å². The smallest absolute Gasteiger partial charge is 0.353 e. The third kappa shape index (κ3) is 5.47. The molecule has 35 heavy (non-hydrogen) atoms. The molecule has 5 rings (SSSR count). The van der Waals surface area contributed by atoms with Gasteiger partial charge in [0.05, 0.1) is 17.3 Å². The summed E-state index contributed by atoms with van der Waals surface area (Å²) in [5, 5.41) is 4.84. The molecule has 10 heteroatoms. The summed E-state index contributed by atoms with van der Waals surface area (Å²) in [5.74, 6) is -0.875. The fourth-order valence-corrected chi connectivity index (χ4v) is 4.06. The van der Waals surface area contributed by atoms with Crippen LogP contribution in [0.2, 0.25) is 0 Å². The summed E-state index contributed by atoms with van der Waals surface area (Å²) in [4.78, 5) is 11.9. The first-order chi connectivity index (χ1) is 16.5. The Morgan fingerprint density at radius 3 is 2.17 bits per heavy atom. The minimum absolute atomic E-state index is 0. The van der Waals surface area contributed by atoms with Crippen molar-refractivity contribution in [1.29, 1.82) is 0 Å². The molecule has 1 aliphatic rings. The number of para-hydroxylation sites is 1. The van der Waals surface area contributed by atoms with Crippen LogP contribution in [0.3, 0.4) is 0 Å². The Morgan fingerprint density at radius 1 is 0.857 bits per heavy atom. The van der Waals surface area contributed by atoms with Gasteiger partial charge >= 0.3 is 6.18 Å². The number of aromatic nitrogens is 4. The number of piperazine rings is 1. The zero-order valence-corrected chi connectivity index (χ0v) is 19.6. The maximum absolute atomic E-state index is 13.7. The zero-order chi connectivity index (χ0) is 23.5. The van der Waals surface area contributed by atoms with Crippen molar-refractivity contribution in [2.45, 2.75) is 6.18 Å². The Hall–Kier alpha value is -3.43. The average molecular weight is 501 g/mol. The van der Waals surface area contributed by atoms with Gasteiger partial charge in [-0.15, -0.1) is 12.4 Å². The van der Waals surface area contributed by atoms with E-state index in [0.29, 0.717) is 24.2 Å². The molecular formula is C25H24ClF3N6. The first-order valence-electron chi connectivity index (χ1n) is 11.1. The third-order valence-electron chi connectivity index (χ3n) is 5.81. The van der Waals surface area contributed by atoms with E-state index in [9.17, 15) is 13.2 Å². The molecular weight excluding hydrogens is 477 g/mol. The maximum Gasteiger partial charge on any atom is 0.451 e. The minimum atomic E-state index is -4.65. The number of fused-ring (bicyclic) bond motifs is 1. The topological polar surface area (TPSA) is 50.1 Å². The van der Waals surface area contributed by atoms with Crippen LogP contribution in [0, 0.1) is 0 Å². The van der Waals surface area contributed by atoms with Crippen LogP contribution in [0.4, 0.5) is 19.0 Å². The predicted molar refractivity (Wildman–Crippen MR) is 133 cm³/mol. The van der Waals surface area contributed by atoms with Crippen LogP contribution in [-0.4, -0.2) is 57.4 Å². The second-order valence-corrected chi connectivity index (χ2v) is 8.10. The monoisotopic (exact) mass is 500 g/mol. The molecule has 6 nitrogen and oxygen atoms in total. The van der Waals surface area contributed by atoms with Crippen molar-refractivity contribution in [2.75, 3.05) is 37.6 Å². The van der Waals surface area contributed by atoms with E-state index in [0.717, 1.165) is 25.2 Å². The van der Waals surface area contributed by atoms with Crippen LogP contribution in [0.25, 0.3) is 22.8 Å². The number of halogens is 4. The van der Waals surface area contributed by atoms with Crippen LogP contribution in [0.1, 0.15) is 11.4 Å². The molecule has 0 atom stereocenters. The van der Waals surface area contributed by atoms with E-state index in [1.807, 2.05) is 41.3 Å². The van der Waals surface area contributed by atoms with E-state index in [1.165, 1.54) is 4.68 Å². The fraction of sp³-hybridized carbons (Fsp3) is 0.240. The number of benzene rings is 2. The first kappa shape index (κ1) is 24.7. The molecule has 0 bridgehead atoms. The van der Waals surface area contributed by atoms with E-state index >= 15 is 0 Å². The predicted octanol–water partition coefficient (Wildman–Crippen LogP) is 5.09. The molecule has 0 amide bonds. The minimum Gasteiger partial charge on any atom is -0.353 e. The van der Waals surface area contributed by atoms with Gasteiger partial charge in [0.15, 0.2) is 5.65 Å². The van der Waals surface area contributed by atoms with Gasteiger partial charge in [-0.2, -0.15) is 18.3 Å². The lowest BCUT2D eigenvalue weighted by molar-refractivity contribution is -0.144. The van der Waals surface area contributed by atoms with E-state index < -0.39 is 12.0 Å². The Morgan fingerprint density at radius 2 is 1.51 bits per heavy atom. The Balaban J connectivity index is 0.00000289. The van der Waals surface area contributed by atoms with Gasteiger partial charge in [-0.3, -0.25) is 4.90 Å². The van der Waals surface area contributed by atoms with Crippen molar-refractivity contribution in [3.05, 3.63) is 84.3 Å². The lowest BCUT2D eigenvalue weighted by Crippen LogP contribution is -2.46. The van der Waals surface area contributed by atoms with Crippen molar-refractivity contribution in [3.63, 3.8) is 0 Å². The highest BCUT2D eigenvalue weighted by Gasteiger charge is 2.37. The van der Waals surface area contributed by atoms with E-state index in [4.69, 9.17) is 0 Å². The van der Waals surface area contributed by atoms with Gasteiger partial charge in [-0.05, 0) is 17.7 Å². The van der Waals surface area contributed by atoms with E-state index in [1.54, 1.807) is 30.5 Å². The molecule has 2 aromatic heterocycles. The Kier molecular flexibility index (Phi) is 7.37. The van der Waals surface area contributed by atoms with Crippen molar-refractivity contribution >= 4 is 35.3 Å². The molecule has 0 saturated carbocycles. The Bertz CT molecular complexity index is 1280. The molecule has 0 spiro atoms. The molecule has 0 aliphatic carbocycles. The van der Waals surface area contributed by atoms with Gasteiger partial charge in [0.2, 0.25) is 5.82 Å². The average Bonchev–Trinajstić information content (AvgIpc) is 3.29. The summed E-state index contributed by atoms with van der Waals surface area (Å²) in [6, 6.07) is 19.1. The molecule has 4 aromatic rings. The van der Waals surface area contributed by atoms with E-state index in [2.05, 4.69) is 32.1 Å². The normalized spacial score (nSPS) is 15.0. The molecule has 2 aromatic carbocycles. The van der Waals surface area contributed by atoms with Crippen molar-refractivity contribution in [1.82, 2.24) is 24.6 Å². The molecule has 1 aliphatic heterocycles. The molecule has 1 saturated heterocycles. The molecule has 0 radical (unpaired) electrons. The Labute approximate surface area is 207 Å². The molecule has 3 heterocycles. The quantitative estimate of drug-likeness (QED) is 0.382. The lowest BCUT2D eigenvalue weighted by Gasteiger charge is -2.35. The van der Waals surface area contributed by atoms with Crippen molar-refractivity contribution in [3.8, 4) is 5.69 Å². The standard InChI is InChI=1S/C25H23F3N6.ClH/c26-25(27,28)24-30-22(21-18-29-34(23(21)31-24)20-11-5-2-6-12-20)33-16-14-32(15-17-33)13-7-10-19-8-3-1-4-9-19;/h1-12,18H,13-17H2;1H/b10-7+;. The summed E-state index contributed by atoms with van der Waals surface area (Å²) in [7, 11) is 0. The van der Waals surface area contributed by atoms with Gasteiger partial charge in [-0.1, -0.05) is 60.7 Å². The molecule has 182 valence electrons. The summed E-state index contributed by atoms with van der Waals surface area (Å²) in [6.45, 7) is 3.36. The summed E-state index contributed by atoms with van der Waals surface area (Å²) in [5.41, 5.74) is 1.93. The van der Waals surface area contributed by atoms with Gasteiger partial charge in [-0.25, -0.2) is 14.6 Å². The number of hydrogen-bond donors (Lipinski definition) is 0. The van der Waals surface area contributed by atoms with Crippen LogP contribution >= 0.6 is 12.4 Å². The third-order valence-corrected chi connectivity index (χ3v) is 5.81. The SMILES string of the molecule is Cl.FC(F)(F)c1nc(N2CCN(C/C=C/c3ccccc3)CC2)c2cnn(-c3ccccc3)c2n1. The number of hydrogen-bond acceptors (Lipinski definition) is 5. The van der Waals surface area contributed by atoms with Crippen LogP contribution in [0.5, 0.6) is 0 Å². The van der Waals surface area contributed by atoms with E-state index in [-0.39, 0.29) is 23.9 Å².